The van der Waals surface area contributed by atoms with Crippen LogP contribution in [-0.4, -0.2) is 74.1 Å². The highest BCUT2D eigenvalue weighted by Gasteiger charge is 2.13. The fourth-order valence-electron chi connectivity index (χ4n) is 1.87. The quantitative estimate of drug-likeness (QED) is 0.631. The van der Waals surface area contributed by atoms with Gasteiger partial charge >= 0.3 is 0 Å². The first kappa shape index (κ1) is 15.7. The van der Waals surface area contributed by atoms with Crippen LogP contribution in [0, 0.1) is 0 Å². The van der Waals surface area contributed by atoms with Gasteiger partial charge < -0.3 is 15.0 Å². The normalized spacial score (nSPS) is 15.8. The number of nitrogens with one attached hydrogen (secondary N) is 1. The highest BCUT2D eigenvalue weighted by atomic mass is 16.5. The maximum atomic E-state index is 11.7. The zero-order valence-corrected chi connectivity index (χ0v) is 11.6. The Morgan fingerprint density at radius 3 is 2.68 bits per heavy atom. The first-order chi connectivity index (χ1) is 9.13. The van der Waals surface area contributed by atoms with Gasteiger partial charge in [0.15, 0.2) is 0 Å². The summed E-state index contributed by atoms with van der Waals surface area (Å²) in [6.07, 6.45) is 1.61. The summed E-state index contributed by atoms with van der Waals surface area (Å²) in [7, 11) is 0. The van der Waals surface area contributed by atoms with E-state index in [-0.39, 0.29) is 18.4 Å². The molecular weight excluding hydrogens is 246 g/mol. The second-order valence-electron chi connectivity index (χ2n) is 4.49. The molecule has 0 saturated carbocycles. The molecule has 6 nitrogen and oxygen atoms in total. The molecule has 1 fully saturated rings. The zero-order chi connectivity index (χ0) is 14.1. The molecular formula is C13H23N3O3. The Balaban J connectivity index is 2.18. The number of hydrogen-bond donors (Lipinski definition) is 1. The number of carbonyl (C=O) groups excluding carboxylic acids is 2. The molecule has 1 aliphatic heterocycles. The minimum Gasteiger partial charge on any atom is -0.379 e. The lowest BCUT2D eigenvalue weighted by Crippen LogP contribution is -2.44. The van der Waals surface area contributed by atoms with Gasteiger partial charge in [-0.05, 0) is 0 Å². The minimum atomic E-state index is -0.134. The average Bonchev–Trinajstić information content (AvgIpc) is 2.39. The summed E-state index contributed by atoms with van der Waals surface area (Å²) in [6, 6.07) is 0. The summed E-state index contributed by atoms with van der Waals surface area (Å²) in [5.41, 5.74) is 0. The summed E-state index contributed by atoms with van der Waals surface area (Å²) in [5.74, 6) is -0.256. The van der Waals surface area contributed by atoms with Crippen LogP contribution in [0.2, 0.25) is 0 Å². The molecule has 1 heterocycles. The molecule has 0 aromatic rings. The SMILES string of the molecule is C=CCN(CC(=O)NCCN1CCOCC1)C(C)=O. The summed E-state index contributed by atoms with van der Waals surface area (Å²) in [4.78, 5) is 26.7. The third-order valence-electron chi connectivity index (χ3n) is 2.98. The van der Waals surface area contributed by atoms with E-state index in [1.54, 1.807) is 6.08 Å². The molecule has 0 aromatic carbocycles. The van der Waals surface area contributed by atoms with E-state index in [9.17, 15) is 9.59 Å². The van der Waals surface area contributed by atoms with Crippen molar-refractivity contribution in [3.63, 3.8) is 0 Å². The van der Waals surface area contributed by atoms with Crippen molar-refractivity contribution < 1.29 is 14.3 Å². The Hall–Kier alpha value is -1.40. The van der Waals surface area contributed by atoms with Crippen LogP contribution in [0.25, 0.3) is 0 Å². The molecule has 0 unspecified atom stereocenters. The second kappa shape index (κ2) is 8.66. The topological polar surface area (TPSA) is 61.9 Å². The van der Waals surface area contributed by atoms with Gasteiger partial charge in [-0.1, -0.05) is 6.08 Å². The fraction of sp³-hybridized carbons (Fsp3) is 0.692. The van der Waals surface area contributed by atoms with Gasteiger partial charge in [-0.25, -0.2) is 0 Å². The molecule has 0 bridgehead atoms. The maximum Gasteiger partial charge on any atom is 0.239 e. The van der Waals surface area contributed by atoms with Crippen LogP contribution in [-0.2, 0) is 14.3 Å². The fourth-order valence-corrected chi connectivity index (χ4v) is 1.87. The van der Waals surface area contributed by atoms with Gasteiger partial charge in [0.05, 0.1) is 19.8 Å². The molecule has 108 valence electrons. The number of morpholine rings is 1. The average molecular weight is 269 g/mol. The molecule has 0 aliphatic carbocycles. The minimum absolute atomic E-state index is 0.0878. The van der Waals surface area contributed by atoms with Crippen LogP contribution in [0.15, 0.2) is 12.7 Å². The van der Waals surface area contributed by atoms with Crippen LogP contribution >= 0.6 is 0 Å². The molecule has 0 aromatic heterocycles. The van der Waals surface area contributed by atoms with Crippen LogP contribution in [0.4, 0.5) is 0 Å². The predicted octanol–water partition coefficient (Wildman–Crippen LogP) is -0.531. The van der Waals surface area contributed by atoms with Crippen LogP contribution < -0.4 is 5.32 Å². The number of nitrogens with zero attached hydrogens (tertiary/aromatic N) is 2. The summed E-state index contributed by atoms with van der Waals surface area (Å²) >= 11 is 0. The van der Waals surface area contributed by atoms with Crippen molar-refractivity contribution in [2.24, 2.45) is 0 Å². The summed E-state index contributed by atoms with van der Waals surface area (Å²) in [6.45, 7) is 10.2. The highest BCUT2D eigenvalue weighted by molar-refractivity contribution is 5.83. The van der Waals surface area contributed by atoms with Gasteiger partial charge in [0.25, 0.3) is 0 Å². The monoisotopic (exact) mass is 269 g/mol. The third-order valence-corrected chi connectivity index (χ3v) is 2.98. The van der Waals surface area contributed by atoms with E-state index in [1.165, 1.54) is 11.8 Å². The molecule has 0 radical (unpaired) electrons. The smallest absolute Gasteiger partial charge is 0.239 e. The predicted molar refractivity (Wildman–Crippen MR) is 72.7 cm³/mol. The number of hydrogen-bond acceptors (Lipinski definition) is 4. The summed E-state index contributed by atoms with van der Waals surface area (Å²) < 4.78 is 5.25. The van der Waals surface area contributed by atoms with Crippen LogP contribution in [0.5, 0.6) is 0 Å². The lowest BCUT2D eigenvalue weighted by Gasteiger charge is -2.26. The van der Waals surface area contributed by atoms with E-state index in [1.807, 2.05) is 0 Å². The van der Waals surface area contributed by atoms with Crippen molar-refractivity contribution in [2.45, 2.75) is 6.92 Å². The Morgan fingerprint density at radius 2 is 2.11 bits per heavy atom. The van der Waals surface area contributed by atoms with Crippen molar-refractivity contribution >= 4 is 11.8 Å². The maximum absolute atomic E-state index is 11.7. The molecule has 1 rings (SSSR count). The van der Waals surface area contributed by atoms with Gasteiger partial charge in [0.2, 0.25) is 11.8 Å². The number of ether oxygens (including phenoxy) is 1. The lowest BCUT2D eigenvalue weighted by atomic mass is 10.4. The highest BCUT2D eigenvalue weighted by Crippen LogP contribution is 1.95. The number of rotatable bonds is 7. The van der Waals surface area contributed by atoms with E-state index >= 15 is 0 Å². The van der Waals surface area contributed by atoms with Gasteiger partial charge in [-0.3, -0.25) is 14.5 Å². The largest absolute Gasteiger partial charge is 0.379 e. The number of amides is 2. The Kier molecular flexibility index (Phi) is 7.14. The van der Waals surface area contributed by atoms with Gasteiger partial charge in [-0.15, -0.1) is 6.58 Å². The number of carbonyl (C=O) groups is 2. The lowest BCUT2D eigenvalue weighted by molar-refractivity contribution is -0.133. The first-order valence-electron chi connectivity index (χ1n) is 6.56. The Labute approximate surface area is 114 Å². The van der Waals surface area contributed by atoms with E-state index in [0.717, 1.165) is 32.8 Å². The van der Waals surface area contributed by atoms with Gasteiger partial charge in [0.1, 0.15) is 0 Å². The van der Waals surface area contributed by atoms with E-state index in [4.69, 9.17) is 4.74 Å². The Bertz CT molecular complexity index is 314. The van der Waals surface area contributed by atoms with Crippen LogP contribution in [0.3, 0.4) is 0 Å². The Morgan fingerprint density at radius 1 is 1.42 bits per heavy atom. The summed E-state index contributed by atoms with van der Waals surface area (Å²) in [5, 5.41) is 2.82. The standard InChI is InChI=1S/C13H23N3O3/c1-3-5-16(12(2)17)11-13(18)14-4-6-15-7-9-19-10-8-15/h3H,1,4-11H2,2H3,(H,14,18). The molecule has 6 heteroatoms. The van der Waals surface area contributed by atoms with Crippen molar-refractivity contribution in [2.75, 3.05) is 52.5 Å². The van der Waals surface area contributed by atoms with Crippen molar-refractivity contribution in [3.8, 4) is 0 Å². The van der Waals surface area contributed by atoms with Crippen LogP contribution in [0.1, 0.15) is 6.92 Å². The van der Waals surface area contributed by atoms with Crippen molar-refractivity contribution in [1.29, 1.82) is 0 Å². The van der Waals surface area contributed by atoms with E-state index in [2.05, 4.69) is 16.8 Å². The molecule has 19 heavy (non-hydrogen) atoms. The van der Waals surface area contributed by atoms with Gasteiger partial charge in [0, 0.05) is 39.6 Å². The second-order valence-corrected chi connectivity index (χ2v) is 4.49. The molecule has 1 saturated heterocycles. The molecule has 0 spiro atoms. The van der Waals surface area contributed by atoms with E-state index in [0.29, 0.717) is 13.1 Å². The molecule has 1 aliphatic rings. The van der Waals surface area contributed by atoms with Crippen molar-refractivity contribution in [1.82, 2.24) is 15.1 Å². The zero-order valence-electron chi connectivity index (χ0n) is 11.6. The van der Waals surface area contributed by atoms with E-state index < -0.39 is 0 Å². The molecule has 1 N–H and O–H groups in total. The van der Waals surface area contributed by atoms with Crippen molar-refractivity contribution in [3.05, 3.63) is 12.7 Å². The van der Waals surface area contributed by atoms with Gasteiger partial charge in [-0.2, -0.15) is 0 Å². The third kappa shape index (κ3) is 6.35. The first-order valence-corrected chi connectivity index (χ1v) is 6.56. The molecule has 0 atom stereocenters. The molecule has 2 amide bonds.